The van der Waals surface area contributed by atoms with E-state index >= 15 is 0 Å². The van der Waals surface area contributed by atoms with Crippen LogP contribution in [0.5, 0.6) is 5.88 Å². The van der Waals surface area contributed by atoms with E-state index in [-0.39, 0.29) is 5.88 Å². The van der Waals surface area contributed by atoms with Gasteiger partial charge in [0.25, 0.3) is 5.88 Å². The summed E-state index contributed by atoms with van der Waals surface area (Å²) in [6.07, 6.45) is -8.29. The van der Waals surface area contributed by atoms with Crippen molar-refractivity contribution in [2.24, 2.45) is 0 Å². The Morgan fingerprint density at radius 1 is 1.32 bits per heavy atom. The summed E-state index contributed by atoms with van der Waals surface area (Å²) in [6.45, 7) is 1.61. The average Bonchev–Trinajstić information content (AvgIpc) is 2.75. The van der Waals surface area contributed by atoms with Gasteiger partial charge in [0.1, 0.15) is 24.1 Å². The average molecular weight is 275 g/mol. The number of hydrogen-bond donors (Lipinski definition) is 4. The first kappa shape index (κ1) is 13.7. The van der Waals surface area contributed by atoms with Crippen LogP contribution >= 0.6 is 0 Å². The molecular formula is C10H13NO8. The van der Waals surface area contributed by atoms with Crippen LogP contribution in [0.2, 0.25) is 0 Å². The summed E-state index contributed by atoms with van der Waals surface area (Å²) in [7, 11) is 0. The highest BCUT2D eigenvalue weighted by atomic mass is 16.7. The first-order valence-electron chi connectivity index (χ1n) is 5.42. The van der Waals surface area contributed by atoms with Crippen LogP contribution in [-0.2, 0) is 9.53 Å². The summed E-state index contributed by atoms with van der Waals surface area (Å²) in [5.74, 6) is -1.08. The molecular weight excluding hydrogens is 262 g/mol. The van der Waals surface area contributed by atoms with E-state index in [0.29, 0.717) is 5.76 Å². The molecule has 4 N–H and O–H groups in total. The van der Waals surface area contributed by atoms with Gasteiger partial charge in [-0.1, -0.05) is 0 Å². The summed E-state index contributed by atoms with van der Waals surface area (Å²) >= 11 is 0. The first-order valence-corrected chi connectivity index (χ1v) is 5.42. The number of ether oxygens (including phenoxy) is 2. The van der Waals surface area contributed by atoms with Crippen LogP contribution in [-0.4, -0.2) is 62.3 Å². The fourth-order valence-corrected chi connectivity index (χ4v) is 1.67. The Hall–Kier alpha value is -1.68. The number of rotatable bonds is 3. The van der Waals surface area contributed by atoms with Crippen molar-refractivity contribution in [1.82, 2.24) is 5.16 Å². The van der Waals surface area contributed by atoms with Crippen LogP contribution in [0.25, 0.3) is 0 Å². The fourth-order valence-electron chi connectivity index (χ4n) is 1.67. The molecule has 0 spiro atoms. The summed E-state index contributed by atoms with van der Waals surface area (Å²) in [6, 6.07) is 1.39. The minimum atomic E-state index is -1.76. The van der Waals surface area contributed by atoms with Gasteiger partial charge in [-0.3, -0.25) is 0 Å². The molecule has 2 heterocycles. The molecule has 2 rings (SSSR count). The van der Waals surface area contributed by atoms with Crippen molar-refractivity contribution in [1.29, 1.82) is 0 Å². The zero-order valence-corrected chi connectivity index (χ0v) is 9.83. The second-order valence-electron chi connectivity index (χ2n) is 4.13. The second-order valence-corrected chi connectivity index (χ2v) is 4.13. The number of carbonyl (C=O) groups is 1. The van der Waals surface area contributed by atoms with Gasteiger partial charge in [-0.05, 0) is 12.1 Å². The Labute approximate surface area is 107 Å². The molecule has 106 valence electrons. The zero-order valence-electron chi connectivity index (χ0n) is 9.83. The number of aromatic nitrogens is 1. The van der Waals surface area contributed by atoms with E-state index in [1.165, 1.54) is 6.07 Å². The van der Waals surface area contributed by atoms with Gasteiger partial charge < -0.3 is 34.4 Å². The lowest BCUT2D eigenvalue weighted by molar-refractivity contribution is -0.272. The number of nitrogens with zero attached hydrogens (tertiary/aromatic N) is 1. The Morgan fingerprint density at radius 2 is 2.00 bits per heavy atom. The van der Waals surface area contributed by atoms with E-state index in [0.717, 1.165) is 0 Å². The van der Waals surface area contributed by atoms with E-state index in [1.807, 2.05) is 0 Å². The third kappa shape index (κ3) is 2.68. The van der Waals surface area contributed by atoms with Gasteiger partial charge in [0.15, 0.2) is 6.10 Å². The fraction of sp³-hybridized carbons (Fsp3) is 0.600. The summed E-state index contributed by atoms with van der Waals surface area (Å²) < 4.78 is 14.7. The van der Waals surface area contributed by atoms with E-state index in [2.05, 4.69) is 5.16 Å². The summed E-state index contributed by atoms with van der Waals surface area (Å²) in [5, 5.41) is 41.0. The van der Waals surface area contributed by atoms with Crippen molar-refractivity contribution < 1.29 is 39.2 Å². The van der Waals surface area contributed by atoms with Gasteiger partial charge in [-0.2, -0.15) is 0 Å². The molecule has 0 bridgehead atoms. The Morgan fingerprint density at radius 3 is 2.53 bits per heavy atom. The minimum Gasteiger partial charge on any atom is -0.479 e. The Balaban J connectivity index is 2.13. The molecule has 1 aliphatic heterocycles. The van der Waals surface area contributed by atoms with E-state index < -0.39 is 36.7 Å². The first-order chi connectivity index (χ1) is 8.90. The van der Waals surface area contributed by atoms with Crippen molar-refractivity contribution in [2.75, 3.05) is 0 Å². The number of aliphatic carboxylic acids is 1. The van der Waals surface area contributed by atoms with Gasteiger partial charge in [-0.15, -0.1) is 0 Å². The van der Waals surface area contributed by atoms with E-state index in [1.54, 1.807) is 6.92 Å². The largest absolute Gasteiger partial charge is 0.479 e. The van der Waals surface area contributed by atoms with Gasteiger partial charge >= 0.3 is 5.97 Å². The standard InChI is InChI=1S/C10H13NO8/c1-3-2-4(11-19-3)17-10-7(14)5(12)6(13)8(18-10)9(15)16/h2,5-8,10,12-14H,1H3,(H,15,16). The van der Waals surface area contributed by atoms with Crippen molar-refractivity contribution in [2.45, 2.75) is 37.6 Å². The van der Waals surface area contributed by atoms with Gasteiger partial charge in [0, 0.05) is 6.07 Å². The summed E-state index contributed by atoms with van der Waals surface area (Å²) in [5.41, 5.74) is 0. The topological polar surface area (TPSA) is 142 Å². The number of aliphatic hydroxyl groups is 3. The predicted molar refractivity (Wildman–Crippen MR) is 56.2 cm³/mol. The lowest BCUT2D eigenvalue weighted by atomic mass is 9.99. The molecule has 0 amide bonds. The molecule has 5 atom stereocenters. The van der Waals surface area contributed by atoms with Gasteiger partial charge in [-0.25, -0.2) is 4.79 Å². The molecule has 9 heteroatoms. The van der Waals surface area contributed by atoms with Crippen LogP contribution in [0.3, 0.4) is 0 Å². The Bertz CT molecular complexity index is 460. The SMILES string of the molecule is Cc1cc(OC2OC(C(=O)O)C(O)C(O)C2O)no1. The molecule has 1 aromatic rings. The quantitative estimate of drug-likeness (QED) is 0.505. The van der Waals surface area contributed by atoms with Crippen LogP contribution in [0, 0.1) is 6.92 Å². The molecule has 5 unspecified atom stereocenters. The maximum Gasteiger partial charge on any atom is 0.335 e. The predicted octanol–water partition coefficient (Wildman–Crippen LogP) is -1.75. The highest BCUT2D eigenvalue weighted by molar-refractivity contribution is 5.73. The molecule has 0 aliphatic carbocycles. The number of hydrogen-bond acceptors (Lipinski definition) is 8. The lowest BCUT2D eigenvalue weighted by Crippen LogP contribution is -2.61. The number of carboxylic acid groups (broad SMARTS) is 1. The summed E-state index contributed by atoms with van der Waals surface area (Å²) in [4.78, 5) is 10.9. The second kappa shape index (κ2) is 5.13. The monoisotopic (exact) mass is 275 g/mol. The zero-order chi connectivity index (χ0) is 14.2. The number of aryl methyl sites for hydroxylation is 1. The molecule has 0 radical (unpaired) electrons. The highest BCUT2D eigenvalue weighted by Crippen LogP contribution is 2.24. The maximum atomic E-state index is 10.9. The van der Waals surface area contributed by atoms with E-state index in [9.17, 15) is 20.1 Å². The van der Waals surface area contributed by atoms with E-state index in [4.69, 9.17) is 19.1 Å². The third-order valence-electron chi connectivity index (χ3n) is 2.66. The molecule has 9 nitrogen and oxygen atoms in total. The van der Waals surface area contributed by atoms with Crippen molar-refractivity contribution >= 4 is 5.97 Å². The smallest absolute Gasteiger partial charge is 0.335 e. The molecule has 1 aliphatic rings. The third-order valence-corrected chi connectivity index (χ3v) is 2.66. The molecule has 19 heavy (non-hydrogen) atoms. The molecule has 1 fully saturated rings. The molecule has 0 aromatic carbocycles. The maximum absolute atomic E-state index is 10.9. The Kier molecular flexibility index (Phi) is 3.71. The van der Waals surface area contributed by atoms with Crippen molar-refractivity contribution in [3.63, 3.8) is 0 Å². The van der Waals surface area contributed by atoms with Crippen LogP contribution < -0.4 is 4.74 Å². The van der Waals surface area contributed by atoms with Crippen molar-refractivity contribution in [3.05, 3.63) is 11.8 Å². The van der Waals surface area contributed by atoms with Gasteiger partial charge in [0.05, 0.1) is 0 Å². The van der Waals surface area contributed by atoms with Gasteiger partial charge in [0.2, 0.25) is 6.29 Å². The number of carboxylic acids is 1. The molecule has 1 saturated heterocycles. The van der Waals surface area contributed by atoms with Crippen molar-refractivity contribution in [3.8, 4) is 5.88 Å². The molecule has 1 aromatic heterocycles. The number of aliphatic hydroxyl groups excluding tert-OH is 3. The normalized spacial score (nSPS) is 35.1. The molecule has 0 saturated carbocycles. The minimum absolute atomic E-state index is 0.0331. The van der Waals surface area contributed by atoms with Crippen LogP contribution in [0.15, 0.2) is 10.6 Å². The van der Waals surface area contributed by atoms with Crippen LogP contribution in [0.1, 0.15) is 5.76 Å². The highest BCUT2D eigenvalue weighted by Gasteiger charge is 2.48. The van der Waals surface area contributed by atoms with Crippen LogP contribution in [0.4, 0.5) is 0 Å². The lowest BCUT2D eigenvalue weighted by Gasteiger charge is -2.37.